The summed E-state index contributed by atoms with van der Waals surface area (Å²) in [6.45, 7) is 1.80. The van der Waals surface area contributed by atoms with E-state index in [0.717, 1.165) is 10.00 Å². The van der Waals surface area contributed by atoms with E-state index >= 15 is 0 Å². The Morgan fingerprint density at radius 2 is 1.95 bits per heavy atom. The van der Waals surface area contributed by atoms with Gasteiger partial charge < -0.3 is 4.52 Å². The first kappa shape index (κ1) is 16.9. The van der Waals surface area contributed by atoms with E-state index in [4.69, 9.17) is 4.52 Å². The Morgan fingerprint density at radius 1 is 1.23 bits per heavy atom. The van der Waals surface area contributed by atoms with Crippen molar-refractivity contribution in [2.24, 2.45) is 0 Å². The molecule has 8 heteroatoms. The summed E-state index contributed by atoms with van der Waals surface area (Å²) in [5.41, 5.74) is 1.45. The molecule has 0 saturated heterocycles. The average molecular weight is 342 g/mol. The molecule has 6 nitrogen and oxygen atoms in total. The highest BCUT2D eigenvalue weighted by Crippen LogP contribution is 2.17. The maximum Gasteiger partial charge on any atom is 0.242 e. The third kappa shape index (κ3) is 4.02. The normalized spacial score (nSPS) is 13.5. The number of aryl methyl sites for hydroxylation is 1. The molecule has 0 radical (unpaired) electrons. The molecule has 0 spiro atoms. The Balaban J connectivity index is 2.12. The minimum Gasteiger partial charge on any atom is -0.360 e. The van der Waals surface area contributed by atoms with Gasteiger partial charge in [0.1, 0.15) is 5.76 Å². The fourth-order valence-electron chi connectivity index (χ4n) is 1.89. The summed E-state index contributed by atoms with van der Waals surface area (Å²) in [5, 5.41) is 3.75. The van der Waals surface area contributed by atoms with Gasteiger partial charge in [-0.25, -0.2) is 12.7 Å². The van der Waals surface area contributed by atoms with Gasteiger partial charge in [-0.2, -0.15) is 0 Å². The lowest BCUT2D eigenvalue weighted by Gasteiger charge is -2.12. The number of hydrogen-bond acceptors (Lipinski definition) is 5. The monoisotopic (exact) mass is 342 g/mol. The second-order valence-corrected chi connectivity index (χ2v) is 8.71. The van der Waals surface area contributed by atoms with E-state index in [2.05, 4.69) is 5.16 Å². The molecule has 2 rings (SSSR count). The van der Waals surface area contributed by atoms with Crippen molar-refractivity contribution in [3.05, 3.63) is 47.3 Å². The van der Waals surface area contributed by atoms with Gasteiger partial charge in [-0.1, -0.05) is 17.3 Å². The summed E-state index contributed by atoms with van der Waals surface area (Å²) in [7, 11) is -1.72. The fraction of sp³-hybridized carbons (Fsp3) is 0.357. The number of benzene rings is 1. The average Bonchev–Trinajstić information content (AvgIpc) is 2.84. The summed E-state index contributed by atoms with van der Waals surface area (Å²) in [6.07, 6.45) is 0. The molecular formula is C14H18N2O4S2. The topological polar surface area (TPSA) is 80.5 Å². The van der Waals surface area contributed by atoms with Crippen molar-refractivity contribution in [2.45, 2.75) is 23.3 Å². The van der Waals surface area contributed by atoms with Gasteiger partial charge in [-0.3, -0.25) is 4.21 Å². The predicted octanol–water partition coefficient (Wildman–Crippen LogP) is 1.68. The highest BCUT2D eigenvalue weighted by Gasteiger charge is 2.17. The molecule has 2 aromatic rings. The van der Waals surface area contributed by atoms with E-state index in [9.17, 15) is 12.6 Å². The summed E-state index contributed by atoms with van der Waals surface area (Å²) in [5.74, 6) is 1.08. The van der Waals surface area contributed by atoms with Crippen LogP contribution in [0.15, 0.2) is 39.8 Å². The summed E-state index contributed by atoms with van der Waals surface area (Å²) >= 11 is 0. The quantitative estimate of drug-likeness (QED) is 0.798. The van der Waals surface area contributed by atoms with Gasteiger partial charge in [0, 0.05) is 36.7 Å². The first-order chi connectivity index (χ1) is 10.3. The van der Waals surface area contributed by atoms with Gasteiger partial charge in [-0.05, 0) is 24.6 Å². The van der Waals surface area contributed by atoms with Crippen LogP contribution in [0.1, 0.15) is 17.0 Å². The molecule has 0 aliphatic rings. The zero-order valence-corrected chi connectivity index (χ0v) is 14.3. The van der Waals surface area contributed by atoms with Gasteiger partial charge in [0.2, 0.25) is 10.0 Å². The van der Waals surface area contributed by atoms with Crippen molar-refractivity contribution in [2.75, 3.05) is 14.1 Å². The molecule has 0 fully saturated rings. The SMILES string of the molecule is Cc1cc(C[S@](=O)Cc2cccc(S(=O)(=O)N(C)C)c2)on1. The Kier molecular flexibility index (Phi) is 5.15. The molecule has 1 aromatic carbocycles. The molecule has 0 N–H and O–H groups in total. The fourth-order valence-corrected chi connectivity index (χ4v) is 3.97. The van der Waals surface area contributed by atoms with Crippen LogP contribution in [0.25, 0.3) is 0 Å². The van der Waals surface area contributed by atoms with Crippen LogP contribution in [0, 0.1) is 6.92 Å². The van der Waals surface area contributed by atoms with Gasteiger partial charge in [0.25, 0.3) is 0 Å². The van der Waals surface area contributed by atoms with Crippen LogP contribution in [-0.4, -0.2) is 36.2 Å². The largest absolute Gasteiger partial charge is 0.360 e. The Labute approximate surface area is 132 Å². The third-order valence-corrected chi connectivity index (χ3v) is 6.06. The van der Waals surface area contributed by atoms with E-state index in [0.29, 0.717) is 11.3 Å². The van der Waals surface area contributed by atoms with Crippen molar-refractivity contribution in [3.8, 4) is 0 Å². The van der Waals surface area contributed by atoms with Gasteiger partial charge in [0.15, 0.2) is 0 Å². The zero-order valence-electron chi connectivity index (χ0n) is 12.6. The minimum atomic E-state index is -3.48. The molecule has 1 atom stereocenters. The van der Waals surface area contributed by atoms with Crippen molar-refractivity contribution in [1.82, 2.24) is 9.46 Å². The number of rotatable bonds is 6. The minimum absolute atomic E-state index is 0.197. The predicted molar refractivity (Wildman–Crippen MR) is 84.1 cm³/mol. The maximum absolute atomic E-state index is 12.1. The standard InChI is InChI=1S/C14H18N2O4S2/c1-11-7-13(20-15-11)10-21(17)9-12-5-4-6-14(8-12)22(18,19)16(2)3/h4-8H,9-10H2,1-3H3/t21-/m1/s1. The second kappa shape index (κ2) is 6.72. The van der Waals surface area contributed by atoms with Crippen LogP contribution in [-0.2, 0) is 32.3 Å². The summed E-state index contributed by atoms with van der Waals surface area (Å²) < 4.78 is 42.5. The molecule has 1 aromatic heterocycles. The molecule has 0 bridgehead atoms. The molecule has 1 heterocycles. The van der Waals surface area contributed by atoms with Crippen molar-refractivity contribution < 1.29 is 17.1 Å². The van der Waals surface area contributed by atoms with Crippen LogP contribution in [0.5, 0.6) is 0 Å². The van der Waals surface area contributed by atoms with Crippen LogP contribution in [0.4, 0.5) is 0 Å². The Hall–Kier alpha value is -1.51. The lowest BCUT2D eigenvalue weighted by molar-refractivity contribution is 0.390. The molecule has 0 aliphatic carbocycles. The second-order valence-electron chi connectivity index (χ2n) is 5.10. The Bertz CT molecular complexity index is 782. The molecule has 120 valence electrons. The third-order valence-electron chi connectivity index (χ3n) is 2.98. The van der Waals surface area contributed by atoms with Crippen molar-refractivity contribution in [1.29, 1.82) is 0 Å². The van der Waals surface area contributed by atoms with Crippen molar-refractivity contribution in [3.63, 3.8) is 0 Å². The zero-order chi connectivity index (χ0) is 16.3. The van der Waals surface area contributed by atoms with Crippen LogP contribution < -0.4 is 0 Å². The smallest absolute Gasteiger partial charge is 0.242 e. The van der Waals surface area contributed by atoms with Gasteiger partial charge >= 0.3 is 0 Å². The number of sulfonamides is 1. The maximum atomic E-state index is 12.1. The van der Waals surface area contributed by atoms with E-state index < -0.39 is 20.8 Å². The Morgan fingerprint density at radius 3 is 2.55 bits per heavy atom. The van der Waals surface area contributed by atoms with E-state index in [1.807, 2.05) is 0 Å². The first-order valence-corrected chi connectivity index (χ1v) is 9.50. The number of hydrogen-bond donors (Lipinski definition) is 0. The van der Waals surface area contributed by atoms with E-state index in [-0.39, 0.29) is 16.4 Å². The van der Waals surface area contributed by atoms with Crippen LogP contribution >= 0.6 is 0 Å². The number of aromatic nitrogens is 1. The molecule has 0 unspecified atom stereocenters. The molecule has 22 heavy (non-hydrogen) atoms. The lowest BCUT2D eigenvalue weighted by atomic mass is 10.2. The summed E-state index contributed by atoms with van der Waals surface area (Å²) in [6, 6.07) is 8.24. The summed E-state index contributed by atoms with van der Waals surface area (Å²) in [4.78, 5) is 0.197. The van der Waals surface area contributed by atoms with Crippen LogP contribution in [0.3, 0.4) is 0 Å². The highest BCUT2D eigenvalue weighted by atomic mass is 32.2. The van der Waals surface area contributed by atoms with Gasteiger partial charge in [-0.15, -0.1) is 0 Å². The van der Waals surface area contributed by atoms with Crippen LogP contribution in [0.2, 0.25) is 0 Å². The molecule has 0 aliphatic heterocycles. The first-order valence-electron chi connectivity index (χ1n) is 6.57. The highest BCUT2D eigenvalue weighted by molar-refractivity contribution is 7.89. The van der Waals surface area contributed by atoms with Crippen molar-refractivity contribution >= 4 is 20.8 Å². The lowest BCUT2D eigenvalue weighted by Crippen LogP contribution is -2.22. The van der Waals surface area contributed by atoms with E-state index in [1.165, 1.54) is 20.2 Å². The molecule has 0 amide bonds. The van der Waals surface area contributed by atoms with E-state index in [1.54, 1.807) is 31.2 Å². The molecular weight excluding hydrogens is 324 g/mol. The number of nitrogens with zero attached hydrogens (tertiary/aromatic N) is 2. The van der Waals surface area contributed by atoms with Gasteiger partial charge in [0.05, 0.1) is 16.3 Å². The molecule has 0 saturated carbocycles.